The van der Waals surface area contributed by atoms with Crippen LogP contribution in [0, 0.1) is 6.92 Å². The topological polar surface area (TPSA) is 34.4 Å². The smallest absolute Gasteiger partial charge is 0.185 e. The number of nitrogens with zero attached hydrogens (tertiary/aromatic N) is 2. The van der Waals surface area contributed by atoms with Crippen molar-refractivity contribution >= 4 is 17.6 Å². The van der Waals surface area contributed by atoms with E-state index >= 15 is 0 Å². The highest BCUT2D eigenvalue weighted by Gasteiger charge is 2.03. The van der Waals surface area contributed by atoms with Crippen LogP contribution in [0.4, 0.5) is 0 Å². The second-order valence-corrected chi connectivity index (χ2v) is 3.24. The first-order valence-corrected chi connectivity index (χ1v) is 4.06. The quantitative estimate of drug-likeness (QED) is 0.572. The van der Waals surface area contributed by atoms with Crippen LogP contribution in [0.15, 0.2) is 4.99 Å². The molecule has 0 saturated carbocycles. The zero-order valence-electron chi connectivity index (χ0n) is 6.79. The van der Waals surface area contributed by atoms with Crippen LogP contribution in [0.5, 0.6) is 0 Å². The Labute approximate surface area is 69.0 Å². The molecule has 0 fully saturated rings. The second-order valence-electron chi connectivity index (χ2n) is 2.23. The van der Waals surface area contributed by atoms with Crippen molar-refractivity contribution in [3.8, 4) is 0 Å². The number of hydrogen-bond acceptors (Lipinski definition) is 3. The van der Waals surface area contributed by atoms with Gasteiger partial charge in [0.25, 0.3) is 0 Å². The van der Waals surface area contributed by atoms with Crippen molar-refractivity contribution in [2.45, 2.75) is 6.92 Å². The molecule has 0 N–H and O–H groups in total. The minimum Gasteiger partial charge on any atom is -0.324 e. The Morgan fingerprint density at radius 2 is 2.27 bits per heavy atom. The fourth-order valence-electron chi connectivity index (χ4n) is 0.854. The molecule has 0 saturated heterocycles. The lowest BCUT2D eigenvalue weighted by Gasteiger charge is -1.92. The maximum absolute atomic E-state index is 10.5. The van der Waals surface area contributed by atoms with Crippen LogP contribution < -0.4 is 4.80 Å². The lowest BCUT2D eigenvalue weighted by atomic mass is 10.4. The van der Waals surface area contributed by atoms with E-state index in [4.69, 9.17) is 0 Å². The number of aromatic nitrogens is 1. The van der Waals surface area contributed by atoms with E-state index in [-0.39, 0.29) is 0 Å². The minimum absolute atomic E-state index is 0.758. The van der Waals surface area contributed by atoms with E-state index in [2.05, 4.69) is 4.99 Å². The summed E-state index contributed by atoms with van der Waals surface area (Å²) in [4.78, 5) is 16.1. The SMILES string of the molecule is C/N=c1\sc(C=O)c(C)n1C. The molecule has 1 rings (SSSR count). The Hall–Kier alpha value is -0.900. The number of hydrogen-bond donors (Lipinski definition) is 0. The molecule has 0 aromatic carbocycles. The predicted molar refractivity (Wildman–Crippen MR) is 44.9 cm³/mol. The summed E-state index contributed by atoms with van der Waals surface area (Å²) in [6.07, 6.45) is 0.870. The fraction of sp³-hybridized carbons (Fsp3) is 0.429. The molecule has 60 valence electrons. The van der Waals surface area contributed by atoms with Gasteiger partial charge < -0.3 is 4.57 Å². The molecule has 3 nitrogen and oxygen atoms in total. The Bertz CT molecular complexity index is 335. The van der Waals surface area contributed by atoms with E-state index in [1.807, 2.05) is 18.5 Å². The summed E-state index contributed by atoms with van der Waals surface area (Å²) in [7, 11) is 3.63. The molecule has 1 aromatic rings. The standard InChI is InChI=1S/C7H10N2OS/c1-5-6(4-10)11-7(8-2)9(5)3/h4H,1-3H3/b8-7-. The summed E-state index contributed by atoms with van der Waals surface area (Å²) in [6, 6.07) is 0. The third kappa shape index (κ3) is 1.26. The third-order valence-corrected chi connectivity index (χ3v) is 2.90. The molecule has 0 unspecified atom stereocenters. The lowest BCUT2D eigenvalue weighted by Crippen LogP contribution is -2.10. The van der Waals surface area contributed by atoms with Crippen molar-refractivity contribution in [3.05, 3.63) is 15.4 Å². The Morgan fingerprint density at radius 3 is 2.55 bits per heavy atom. The molecule has 4 heteroatoms. The van der Waals surface area contributed by atoms with Crippen molar-refractivity contribution < 1.29 is 4.79 Å². The van der Waals surface area contributed by atoms with Crippen LogP contribution in [-0.4, -0.2) is 17.9 Å². The predicted octanol–water partition coefficient (Wildman–Crippen LogP) is 0.738. The Balaban J connectivity index is 3.47. The largest absolute Gasteiger partial charge is 0.324 e. The highest BCUT2D eigenvalue weighted by molar-refractivity contribution is 7.11. The van der Waals surface area contributed by atoms with Crippen LogP contribution >= 0.6 is 11.3 Å². The van der Waals surface area contributed by atoms with Crippen molar-refractivity contribution in [2.75, 3.05) is 7.05 Å². The van der Waals surface area contributed by atoms with Gasteiger partial charge in [-0.25, -0.2) is 0 Å². The molecule has 11 heavy (non-hydrogen) atoms. The summed E-state index contributed by atoms with van der Waals surface area (Å²) in [5.41, 5.74) is 0.977. The van der Waals surface area contributed by atoms with Crippen LogP contribution in [0.3, 0.4) is 0 Å². The molecule has 1 aromatic heterocycles. The van der Waals surface area contributed by atoms with Gasteiger partial charge in [0, 0.05) is 19.8 Å². The molecule has 0 aliphatic heterocycles. The molecule has 0 aliphatic carbocycles. The van der Waals surface area contributed by atoms with Crippen molar-refractivity contribution in [3.63, 3.8) is 0 Å². The van der Waals surface area contributed by atoms with Crippen LogP contribution in [0.1, 0.15) is 15.4 Å². The average molecular weight is 170 g/mol. The summed E-state index contributed by atoms with van der Waals surface area (Å²) in [6.45, 7) is 1.91. The first-order chi connectivity index (χ1) is 5.20. The van der Waals surface area contributed by atoms with Gasteiger partial charge in [-0.15, -0.1) is 0 Å². The molecular formula is C7H10N2OS. The monoisotopic (exact) mass is 170 g/mol. The molecule has 0 aliphatic rings. The van der Waals surface area contributed by atoms with Gasteiger partial charge in [0.1, 0.15) is 0 Å². The van der Waals surface area contributed by atoms with Gasteiger partial charge in [0.05, 0.1) is 4.88 Å². The maximum atomic E-state index is 10.5. The van der Waals surface area contributed by atoms with Crippen LogP contribution in [0.25, 0.3) is 0 Å². The molecular weight excluding hydrogens is 160 g/mol. The van der Waals surface area contributed by atoms with E-state index in [0.717, 1.165) is 21.7 Å². The van der Waals surface area contributed by atoms with Gasteiger partial charge >= 0.3 is 0 Å². The Kier molecular flexibility index (Phi) is 2.24. The molecule has 1 heterocycles. The summed E-state index contributed by atoms with van der Waals surface area (Å²) >= 11 is 1.41. The molecule has 0 atom stereocenters. The summed E-state index contributed by atoms with van der Waals surface area (Å²) < 4.78 is 1.91. The average Bonchev–Trinajstić information content (AvgIpc) is 2.30. The zero-order chi connectivity index (χ0) is 8.43. The van der Waals surface area contributed by atoms with Gasteiger partial charge in [-0.3, -0.25) is 9.79 Å². The van der Waals surface area contributed by atoms with Gasteiger partial charge in [-0.1, -0.05) is 11.3 Å². The highest BCUT2D eigenvalue weighted by atomic mass is 32.1. The molecule has 0 spiro atoms. The van der Waals surface area contributed by atoms with E-state index in [1.54, 1.807) is 7.05 Å². The van der Waals surface area contributed by atoms with Crippen LogP contribution in [0.2, 0.25) is 0 Å². The maximum Gasteiger partial charge on any atom is 0.185 e. The number of rotatable bonds is 1. The molecule has 0 amide bonds. The minimum atomic E-state index is 0.758. The third-order valence-electron chi connectivity index (χ3n) is 1.65. The number of carbonyl (C=O) groups excluding carboxylic acids is 1. The highest BCUT2D eigenvalue weighted by Crippen LogP contribution is 2.06. The van der Waals surface area contributed by atoms with E-state index in [9.17, 15) is 4.79 Å². The second kappa shape index (κ2) is 3.00. The van der Waals surface area contributed by atoms with Gasteiger partial charge in [-0.2, -0.15) is 0 Å². The fourth-order valence-corrected chi connectivity index (χ4v) is 1.75. The Morgan fingerprint density at radius 1 is 1.64 bits per heavy atom. The van der Waals surface area contributed by atoms with E-state index in [1.165, 1.54) is 11.3 Å². The zero-order valence-corrected chi connectivity index (χ0v) is 7.60. The van der Waals surface area contributed by atoms with Gasteiger partial charge in [0.2, 0.25) is 0 Å². The van der Waals surface area contributed by atoms with Crippen LogP contribution in [-0.2, 0) is 7.05 Å². The number of thiazole rings is 1. The lowest BCUT2D eigenvalue weighted by molar-refractivity contribution is 0.112. The summed E-state index contributed by atoms with van der Waals surface area (Å²) in [5.74, 6) is 0. The molecule has 0 bridgehead atoms. The van der Waals surface area contributed by atoms with E-state index in [0.29, 0.717) is 0 Å². The normalized spacial score (nSPS) is 12.1. The number of aldehydes is 1. The van der Waals surface area contributed by atoms with Gasteiger partial charge in [0.15, 0.2) is 11.1 Å². The first kappa shape index (κ1) is 8.20. The molecule has 0 radical (unpaired) electrons. The van der Waals surface area contributed by atoms with Gasteiger partial charge in [-0.05, 0) is 6.92 Å². The number of carbonyl (C=O) groups is 1. The van der Waals surface area contributed by atoms with E-state index < -0.39 is 0 Å². The van der Waals surface area contributed by atoms with Crippen molar-refractivity contribution in [2.24, 2.45) is 12.0 Å². The van der Waals surface area contributed by atoms with Crippen molar-refractivity contribution in [1.29, 1.82) is 0 Å². The first-order valence-electron chi connectivity index (χ1n) is 3.25. The van der Waals surface area contributed by atoms with Crippen molar-refractivity contribution in [1.82, 2.24) is 4.57 Å². The summed E-state index contributed by atoms with van der Waals surface area (Å²) in [5, 5.41) is 0.